The molecule has 0 unspecified atom stereocenters. The number of carbonyl (C=O) groups excluding carboxylic acids is 1. The quantitative estimate of drug-likeness (QED) is 0.776. The molecule has 0 spiro atoms. The maximum Gasteiger partial charge on any atom is 0.243 e. The van der Waals surface area contributed by atoms with Crippen LogP contribution in [0.3, 0.4) is 0 Å². The van der Waals surface area contributed by atoms with Gasteiger partial charge < -0.3 is 10.1 Å². The minimum atomic E-state index is -3.77. The zero-order valence-corrected chi connectivity index (χ0v) is 16.7. The van der Waals surface area contributed by atoms with Gasteiger partial charge in [-0.2, -0.15) is 4.31 Å². The first-order chi connectivity index (χ1) is 12.1. The van der Waals surface area contributed by atoms with Gasteiger partial charge in [0, 0.05) is 26.6 Å². The van der Waals surface area contributed by atoms with E-state index in [-0.39, 0.29) is 23.1 Å². The van der Waals surface area contributed by atoms with Gasteiger partial charge in [0.05, 0.1) is 27.7 Å². The molecule has 0 fully saturated rings. The van der Waals surface area contributed by atoms with E-state index in [0.29, 0.717) is 21.3 Å². The van der Waals surface area contributed by atoms with Gasteiger partial charge in [0.1, 0.15) is 5.75 Å². The van der Waals surface area contributed by atoms with Crippen LogP contribution in [0.4, 0.5) is 5.69 Å². The summed E-state index contributed by atoms with van der Waals surface area (Å²) in [7, 11) is -0.910. The average Bonchev–Trinajstić information content (AvgIpc) is 2.57. The number of carbonyl (C=O) groups is 1. The number of hydrogen-bond acceptors (Lipinski definition) is 4. The molecule has 2 aromatic rings. The molecule has 0 atom stereocenters. The van der Waals surface area contributed by atoms with Crippen molar-refractivity contribution >= 4 is 44.8 Å². The fourth-order valence-electron chi connectivity index (χ4n) is 2.28. The van der Waals surface area contributed by atoms with Crippen molar-refractivity contribution in [3.8, 4) is 5.75 Å². The molecular formula is C17H18Cl2N2O4S. The maximum absolute atomic E-state index is 12.8. The van der Waals surface area contributed by atoms with Gasteiger partial charge in [-0.25, -0.2) is 8.42 Å². The summed E-state index contributed by atoms with van der Waals surface area (Å²) in [5, 5.41) is 3.34. The Morgan fingerprint density at radius 2 is 1.85 bits per heavy atom. The smallest absolute Gasteiger partial charge is 0.243 e. The standard InChI is InChI=1S/C17H18Cl2N2O4S/c1-11(22)20-16-7-5-13(9-17(16)25-3)26(23,24)21(2)10-12-4-6-14(18)15(19)8-12/h4-9H,10H2,1-3H3,(H,20,22). The summed E-state index contributed by atoms with van der Waals surface area (Å²) < 4.78 is 32.0. The van der Waals surface area contributed by atoms with Crippen LogP contribution < -0.4 is 10.1 Å². The number of nitrogens with one attached hydrogen (secondary N) is 1. The van der Waals surface area contributed by atoms with E-state index in [2.05, 4.69) is 5.32 Å². The number of hydrogen-bond donors (Lipinski definition) is 1. The summed E-state index contributed by atoms with van der Waals surface area (Å²) in [5.41, 5.74) is 1.10. The van der Waals surface area contributed by atoms with Crippen LogP contribution in [0.1, 0.15) is 12.5 Å². The van der Waals surface area contributed by atoms with Gasteiger partial charge in [-0.15, -0.1) is 0 Å². The van der Waals surface area contributed by atoms with Crippen molar-refractivity contribution in [1.82, 2.24) is 4.31 Å². The Bertz CT molecular complexity index is 932. The molecular weight excluding hydrogens is 399 g/mol. The number of ether oxygens (including phenoxy) is 1. The summed E-state index contributed by atoms with van der Waals surface area (Å²) in [6.07, 6.45) is 0. The number of sulfonamides is 1. The van der Waals surface area contributed by atoms with Crippen molar-refractivity contribution in [1.29, 1.82) is 0 Å². The van der Waals surface area contributed by atoms with E-state index in [4.69, 9.17) is 27.9 Å². The van der Waals surface area contributed by atoms with Crippen LogP contribution in [0.5, 0.6) is 5.75 Å². The molecule has 0 saturated carbocycles. The van der Waals surface area contributed by atoms with Gasteiger partial charge in [-0.05, 0) is 29.8 Å². The molecule has 6 nitrogen and oxygen atoms in total. The van der Waals surface area contributed by atoms with Gasteiger partial charge >= 0.3 is 0 Å². The Balaban J connectivity index is 2.30. The van der Waals surface area contributed by atoms with Crippen LogP contribution in [0.25, 0.3) is 0 Å². The van der Waals surface area contributed by atoms with Crippen LogP contribution >= 0.6 is 23.2 Å². The van der Waals surface area contributed by atoms with E-state index in [0.717, 1.165) is 0 Å². The predicted molar refractivity (Wildman–Crippen MR) is 102 cm³/mol. The molecule has 0 bridgehead atoms. The van der Waals surface area contributed by atoms with E-state index >= 15 is 0 Å². The number of anilines is 1. The number of benzene rings is 2. The predicted octanol–water partition coefficient (Wildman–Crippen LogP) is 3.78. The monoisotopic (exact) mass is 416 g/mol. The fourth-order valence-corrected chi connectivity index (χ4v) is 3.78. The second kappa shape index (κ2) is 8.26. The van der Waals surface area contributed by atoms with E-state index in [1.807, 2.05) is 0 Å². The minimum Gasteiger partial charge on any atom is -0.495 e. The summed E-state index contributed by atoms with van der Waals surface area (Å²) in [6.45, 7) is 1.48. The van der Waals surface area contributed by atoms with E-state index < -0.39 is 10.0 Å². The Hall–Kier alpha value is -1.80. The molecule has 9 heteroatoms. The first-order valence-electron chi connectivity index (χ1n) is 7.51. The van der Waals surface area contributed by atoms with Gasteiger partial charge in [0.2, 0.25) is 15.9 Å². The topological polar surface area (TPSA) is 75.7 Å². The van der Waals surface area contributed by atoms with E-state index in [9.17, 15) is 13.2 Å². The number of amides is 1. The van der Waals surface area contributed by atoms with Crippen LogP contribution in [0.15, 0.2) is 41.3 Å². The number of rotatable bonds is 6. The highest BCUT2D eigenvalue weighted by Crippen LogP contribution is 2.29. The maximum atomic E-state index is 12.8. The van der Waals surface area contributed by atoms with Crippen molar-refractivity contribution in [2.75, 3.05) is 19.5 Å². The Labute approximate surface area is 162 Å². The third-order valence-corrected chi connectivity index (χ3v) is 6.12. The molecule has 0 saturated heterocycles. The lowest BCUT2D eigenvalue weighted by Crippen LogP contribution is -2.26. The summed E-state index contributed by atoms with van der Waals surface area (Å²) in [5.74, 6) is -0.0279. The van der Waals surface area contributed by atoms with Gasteiger partial charge in [0.15, 0.2) is 0 Å². The van der Waals surface area contributed by atoms with Crippen molar-refractivity contribution in [2.45, 2.75) is 18.4 Å². The summed E-state index contributed by atoms with van der Waals surface area (Å²) in [4.78, 5) is 11.3. The van der Waals surface area contributed by atoms with Crippen molar-refractivity contribution in [3.05, 3.63) is 52.0 Å². The summed E-state index contributed by atoms with van der Waals surface area (Å²) >= 11 is 11.9. The molecule has 0 aliphatic heterocycles. The van der Waals surface area contributed by atoms with Crippen LogP contribution in [-0.2, 0) is 21.4 Å². The first kappa shape index (κ1) is 20.5. The van der Waals surface area contributed by atoms with Gasteiger partial charge in [0.25, 0.3) is 0 Å². The highest BCUT2D eigenvalue weighted by molar-refractivity contribution is 7.89. The van der Waals surface area contributed by atoms with Gasteiger partial charge in [-0.3, -0.25) is 4.79 Å². The SMILES string of the molecule is COc1cc(S(=O)(=O)N(C)Cc2ccc(Cl)c(Cl)c2)ccc1NC(C)=O. The van der Waals surface area contributed by atoms with Crippen molar-refractivity contribution < 1.29 is 17.9 Å². The number of halogens is 2. The molecule has 0 heterocycles. The molecule has 26 heavy (non-hydrogen) atoms. The number of nitrogens with zero attached hydrogens (tertiary/aromatic N) is 1. The molecule has 2 aromatic carbocycles. The lowest BCUT2D eigenvalue weighted by molar-refractivity contribution is -0.114. The highest BCUT2D eigenvalue weighted by Gasteiger charge is 2.23. The third-order valence-electron chi connectivity index (χ3n) is 3.58. The van der Waals surface area contributed by atoms with E-state index in [1.165, 1.54) is 43.6 Å². The second-order valence-electron chi connectivity index (χ2n) is 5.55. The largest absolute Gasteiger partial charge is 0.495 e. The molecule has 1 N–H and O–H groups in total. The molecule has 0 aromatic heterocycles. The lowest BCUT2D eigenvalue weighted by Gasteiger charge is -2.19. The van der Waals surface area contributed by atoms with Crippen LogP contribution in [0.2, 0.25) is 10.0 Å². The summed E-state index contributed by atoms with van der Waals surface area (Å²) in [6, 6.07) is 9.21. The Morgan fingerprint density at radius 1 is 1.15 bits per heavy atom. The zero-order valence-electron chi connectivity index (χ0n) is 14.4. The molecule has 0 aliphatic rings. The lowest BCUT2D eigenvalue weighted by atomic mass is 10.2. The normalized spacial score (nSPS) is 11.5. The fraction of sp³-hybridized carbons (Fsp3) is 0.235. The average molecular weight is 417 g/mol. The molecule has 0 radical (unpaired) electrons. The van der Waals surface area contributed by atoms with Crippen LogP contribution in [0, 0.1) is 0 Å². The Morgan fingerprint density at radius 3 is 2.42 bits per heavy atom. The van der Waals surface area contributed by atoms with E-state index in [1.54, 1.807) is 18.2 Å². The van der Waals surface area contributed by atoms with Gasteiger partial charge in [-0.1, -0.05) is 29.3 Å². The van der Waals surface area contributed by atoms with Crippen LogP contribution in [-0.4, -0.2) is 32.8 Å². The third kappa shape index (κ3) is 4.67. The molecule has 0 aliphatic carbocycles. The Kier molecular flexibility index (Phi) is 6.52. The minimum absolute atomic E-state index is 0.0472. The molecule has 2 rings (SSSR count). The molecule has 1 amide bonds. The molecule has 140 valence electrons. The number of methoxy groups -OCH3 is 1. The first-order valence-corrected chi connectivity index (χ1v) is 9.70. The van der Waals surface area contributed by atoms with Crippen molar-refractivity contribution in [2.24, 2.45) is 0 Å². The second-order valence-corrected chi connectivity index (χ2v) is 8.41. The zero-order chi connectivity index (χ0) is 19.5. The van der Waals surface area contributed by atoms with Crippen molar-refractivity contribution in [3.63, 3.8) is 0 Å². The highest BCUT2D eigenvalue weighted by atomic mass is 35.5.